The largest absolute Gasteiger partial charge is 0.454 e. The van der Waals surface area contributed by atoms with Gasteiger partial charge in [0, 0.05) is 10.5 Å². The number of hydrogen-bond acceptors (Lipinski definition) is 2. The molecule has 0 bridgehead atoms. The molecular weight excluding hydrogens is 225 g/mol. The summed E-state index contributed by atoms with van der Waals surface area (Å²) >= 11 is 1.30. The number of thioether (sulfide) groups is 1. The molecule has 15 heavy (non-hydrogen) atoms. The summed E-state index contributed by atoms with van der Waals surface area (Å²) in [5.74, 6) is -1.78. The molecule has 0 fully saturated rings. The van der Waals surface area contributed by atoms with Gasteiger partial charge in [-0.25, -0.2) is 0 Å². The monoisotopic (exact) mass is 234 g/mol. The fraction of sp³-hybridized carbons (Fsp3) is 0.300. The maximum absolute atomic E-state index is 12.2. The van der Waals surface area contributed by atoms with Crippen LogP contribution in [0, 0.1) is 6.92 Å². The first-order valence-electron chi connectivity index (χ1n) is 4.12. The standard InChI is InChI=1S/C10H9F3OS/c1-6-3-4-7(15-2)5-8(6)9(14)10(11,12)13/h3-5H,1-2H3. The molecule has 0 amide bonds. The number of alkyl halides is 3. The van der Waals surface area contributed by atoms with Gasteiger partial charge in [-0.1, -0.05) is 6.07 Å². The number of Topliss-reactive ketones (excluding diaryl/α,β-unsaturated/α-hetero) is 1. The lowest BCUT2D eigenvalue weighted by molar-refractivity contribution is -0.0885. The van der Waals surface area contributed by atoms with Gasteiger partial charge < -0.3 is 0 Å². The van der Waals surface area contributed by atoms with Crippen molar-refractivity contribution in [3.8, 4) is 0 Å². The highest BCUT2D eigenvalue weighted by molar-refractivity contribution is 7.98. The smallest absolute Gasteiger partial charge is 0.284 e. The van der Waals surface area contributed by atoms with E-state index in [1.807, 2.05) is 0 Å². The van der Waals surface area contributed by atoms with Gasteiger partial charge >= 0.3 is 6.18 Å². The summed E-state index contributed by atoms with van der Waals surface area (Å²) in [5.41, 5.74) is 0.0736. The van der Waals surface area contributed by atoms with E-state index in [1.54, 1.807) is 12.3 Å². The highest BCUT2D eigenvalue weighted by atomic mass is 32.2. The summed E-state index contributed by atoms with van der Waals surface area (Å²) in [6.07, 6.45) is -3.06. The summed E-state index contributed by atoms with van der Waals surface area (Å²) in [7, 11) is 0. The molecule has 1 aromatic rings. The molecule has 0 heterocycles. The van der Waals surface area contributed by atoms with E-state index < -0.39 is 12.0 Å². The summed E-state index contributed by atoms with van der Waals surface area (Å²) < 4.78 is 36.6. The second-order valence-electron chi connectivity index (χ2n) is 3.01. The predicted octanol–water partition coefficient (Wildman–Crippen LogP) is 3.46. The second-order valence-corrected chi connectivity index (χ2v) is 3.89. The normalized spacial score (nSPS) is 11.5. The van der Waals surface area contributed by atoms with Crippen LogP contribution in [0.2, 0.25) is 0 Å². The van der Waals surface area contributed by atoms with Crippen LogP contribution in [0.5, 0.6) is 0 Å². The van der Waals surface area contributed by atoms with E-state index in [1.165, 1.54) is 30.8 Å². The molecule has 0 aromatic heterocycles. The van der Waals surface area contributed by atoms with Gasteiger partial charge in [-0.2, -0.15) is 13.2 Å². The number of benzene rings is 1. The first-order valence-corrected chi connectivity index (χ1v) is 5.35. The molecule has 0 saturated heterocycles. The Labute approximate surface area is 89.7 Å². The molecule has 0 aliphatic rings. The van der Waals surface area contributed by atoms with Gasteiger partial charge in [-0.3, -0.25) is 4.79 Å². The van der Waals surface area contributed by atoms with Crippen LogP contribution in [0.1, 0.15) is 15.9 Å². The van der Waals surface area contributed by atoms with Crippen LogP contribution in [0.4, 0.5) is 13.2 Å². The van der Waals surface area contributed by atoms with E-state index >= 15 is 0 Å². The Morgan fingerprint density at radius 1 is 1.33 bits per heavy atom. The minimum Gasteiger partial charge on any atom is -0.284 e. The highest BCUT2D eigenvalue weighted by Crippen LogP contribution is 2.26. The van der Waals surface area contributed by atoms with Crippen molar-refractivity contribution < 1.29 is 18.0 Å². The Hall–Kier alpha value is -0.970. The molecule has 1 aromatic carbocycles. The zero-order valence-corrected chi connectivity index (χ0v) is 9.00. The Morgan fingerprint density at radius 3 is 2.40 bits per heavy atom. The fourth-order valence-corrected chi connectivity index (χ4v) is 1.57. The van der Waals surface area contributed by atoms with Crippen LogP contribution in [-0.2, 0) is 0 Å². The molecule has 0 aliphatic carbocycles. The van der Waals surface area contributed by atoms with E-state index in [0.29, 0.717) is 10.5 Å². The second kappa shape index (κ2) is 4.26. The highest BCUT2D eigenvalue weighted by Gasteiger charge is 2.39. The molecule has 0 saturated carbocycles. The molecule has 1 nitrogen and oxygen atoms in total. The minimum atomic E-state index is -4.80. The van der Waals surface area contributed by atoms with Crippen molar-refractivity contribution in [3.63, 3.8) is 0 Å². The summed E-state index contributed by atoms with van der Waals surface area (Å²) in [6.45, 7) is 1.49. The molecular formula is C10H9F3OS. The van der Waals surface area contributed by atoms with E-state index in [2.05, 4.69) is 0 Å². The molecule has 0 spiro atoms. The van der Waals surface area contributed by atoms with Crippen molar-refractivity contribution in [1.82, 2.24) is 0 Å². The van der Waals surface area contributed by atoms with Gasteiger partial charge in [-0.05, 0) is 30.9 Å². The molecule has 1 rings (SSSR count). The van der Waals surface area contributed by atoms with Gasteiger partial charge in [0.15, 0.2) is 0 Å². The van der Waals surface area contributed by atoms with Gasteiger partial charge in [0.05, 0.1) is 0 Å². The number of carbonyl (C=O) groups is 1. The van der Waals surface area contributed by atoms with E-state index in [9.17, 15) is 18.0 Å². The molecule has 0 N–H and O–H groups in total. The van der Waals surface area contributed by atoms with Gasteiger partial charge in [0.2, 0.25) is 0 Å². The Bertz CT molecular complexity index is 385. The fourth-order valence-electron chi connectivity index (χ4n) is 1.13. The number of halogens is 3. The Kier molecular flexibility index (Phi) is 3.44. The van der Waals surface area contributed by atoms with Crippen molar-refractivity contribution >= 4 is 17.5 Å². The third-order valence-corrected chi connectivity index (χ3v) is 2.67. The zero-order chi connectivity index (χ0) is 11.6. The third-order valence-electron chi connectivity index (χ3n) is 1.95. The molecule has 0 unspecified atom stereocenters. The summed E-state index contributed by atoms with van der Waals surface area (Å²) in [5, 5.41) is 0. The van der Waals surface area contributed by atoms with E-state index in [4.69, 9.17) is 0 Å². The van der Waals surface area contributed by atoms with Crippen LogP contribution in [0.15, 0.2) is 23.1 Å². The minimum absolute atomic E-state index is 0.269. The van der Waals surface area contributed by atoms with Gasteiger partial charge in [0.1, 0.15) is 0 Å². The maximum Gasteiger partial charge on any atom is 0.454 e. The van der Waals surface area contributed by atoms with Crippen LogP contribution >= 0.6 is 11.8 Å². The molecule has 5 heteroatoms. The molecule has 82 valence electrons. The van der Waals surface area contributed by atoms with Crippen molar-refractivity contribution in [2.24, 2.45) is 0 Å². The summed E-state index contributed by atoms with van der Waals surface area (Å²) in [6, 6.07) is 4.48. The lowest BCUT2D eigenvalue weighted by Gasteiger charge is -2.09. The van der Waals surface area contributed by atoms with Crippen LogP contribution in [0.25, 0.3) is 0 Å². The van der Waals surface area contributed by atoms with Crippen molar-refractivity contribution in [1.29, 1.82) is 0 Å². The molecule has 0 atom stereocenters. The molecule has 0 radical (unpaired) electrons. The average Bonchev–Trinajstić information content (AvgIpc) is 2.16. The Morgan fingerprint density at radius 2 is 1.93 bits per heavy atom. The number of aryl methyl sites for hydroxylation is 1. The predicted molar refractivity (Wildman–Crippen MR) is 53.3 cm³/mol. The van der Waals surface area contributed by atoms with E-state index in [0.717, 1.165) is 0 Å². The van der Waals surface area contributed by atoms with Gasteiger partial charge in [0.25, 0.3) is 5.78 Å². The number of carbonyl (C=O) groups excluding carboxylic acids is 1. The topological polar surface area (TPSA) is 17.1 Å². The number of rotatable bonds is 2. The molecule has 0 aliphatic heterocycles. The van der Waals surface area contributed by atoms with Crippen LogP contribution in [0.3, 0.4) is 0 Å². The average molecular weight is 234 g/mol. The van der Waals surface area contributed by atoms with Crippen molar-refractivity contribution in [2.75, 3.05) is 6.26 Å². The first kappa shape index (κ1) is 12.1. The summed E-state index contributed by atoms with van der Waals surface area (Å²) in [4.78, 5) is 11.7. The maximum atomic E-state index is 12.2. The zero-order valence-electron chi connectivity index (χ0n) is 8.18. The van der Waals surface area contributed by atoms with E-state index in [-0.39, 0.29) is 5.56 Å². The lowest BCUT2D eigenvalue weighted by Crippen LogP contribution is -2.23. The first-order chi connectivity index (χ1) is 6.86. The number of hydrogen-bond donors (Lipinski definition) is 0. The quantitative estimate of drug-likeness (QED) is 0.575. The Balaban J connectivity index is 3.19. The lowest BCUT2D eigenvalue weighted by atomic mass is 10.0. The number of ketones is 1. The SMILES string of the molecule is CSc1ccc(C)c(C(=O)C(F)(F)F)c1. The van der Waals surface area contributed by atoms with Crippen molar-refractivity contribution in [2.45, 2.75) is 18.0 Å². The van der Waals surface area contributed by atoms with Gasteiger partial charge in [-0.15, -0.1) is 11.8 Å². The van der Waals surface area contributed by atoms with Crippen LogP contribution < -0.4 is 0 Å². The third kappa shape index (κ3) is 2.75. The van der Waals surface area contributed by atoms with Crippen LogP contribution in [-0.4, -0.2) is 18.2 Å². The van der Waals surface area contributed by atoms with Crippen molar-refractivity contribution in [3.05, 3.63) is 29.3 Å².